The topological polar surface area (TPSA) is 134 Å². The second-order valence-corrected chi connectivity index (χ2v) is 4.06. The predicted octanol–water partition coefficient (Wildman–Crippen LogP) is -0.630. The maximum atomic E-state index is 11.6. The molecular weight excluding hydrogens is 226 g/mol. The Balaban J connectivity index is 1.90. The first-order valence-electron chi connectivity index (χ1n) is 5.28. The molecule has 8 nitrogen and oxygen atoms in total. The van der Waals surface area contributed by atoms with Crippen LogP contribution in [-0.4, -0.2) is 38.2 Å². The number of nitrogen functional groups attached to an aromatic ring is 1. The van der Waals surface area contributed by atoms with Crippen LogP contribution < -0.4 is 11.1 Å². The summed E-state index contributed by atoms with van der Waals surface area (Å²) in [7, 11) is 0. The summed E-state index contributed by atoms with van der Waals surface area (Å²) >= 11 is 0. The van der Waals surface area contributed by atoms with Gasteiger partial charge >= 0.3 is 5.97 Å². The number of carbonyl (C=O) groups is 2. The highest BCUT2D eigenvalue weighted by atomic mass is 16.4. The number of hydrogen-bond acceptors (Lipinski definition) is 5. The lowest BCUT2D eigenvalue weighted by Crippen LogP contribution is -2.34. The Bertz CT molecular complexity index is 444. The number of aromatic amines is 1. The fraction of sp³-hybridized carbons (Fsp3) is 0.556. The van der Waals surface area contributed by atoms with Crippen molar-refractivity contribution in [2.75, 3.05) is 5.73 Å². The molecule has 0 aliphatic heterocycles. The lowest BCUT2D eigenvalue weighted by Gasteiger charge is -2.10. The first-order valence-corrected chi connectivity index (χ1v) is 5.28. The van der Waals surface area contributed by atoms with Gasteiger partial charge in [0, 0.05) is 6.04 Å². The van der Waals surface area contributed by atoms with Crippen LogP contribution >= 0.6 is 0 Å². The summed E-state index contributed by atoms with van der Waals surface area (Å²) in [5.74, 6) is -1.55. The summed E-state index contributed by atoms with van der Waals surface area (Å²) < 4.78 is 0. The number of carboxylic acid groups (broad SMARTS) is 1. The molecule has 0 radical (unpaired) electrons. The van der Waals surface area contributed by atoms with Gasteiger partial charge < -0.3 is 16.2 Å². The maximum Gasteiger partial charge on any atom is 0.306 e. The van der Waals surface area contributed by atoms with E-state index in [1.54, 1.807) is 0 Å². The largest absolute Gasteiger partial charge is 0.481 e. The van der Waals surface area contributed by atoms with Crippen molar-refractivity contribution in [1.29, 1.82) is 0 Å². The molecule has 1 aliphatic rings. The first-order chi connectivity index (χ1) is 8.06. The minimum Gasteiger partial charge on any atom is -0.481 e. The Kier molecular flexibility index (Phi) is 2.94. The molecule has 0 spiro atoms. The van der Waals surface area contributed by atoms with Crippen molar-refractivity contribution in [1.82, 2.24) is 20.5 Å². The van der Waals surface area contributed by atoms with E-state index in [1.807, 2.05) is 0 Å². The third kappa shape index (κ3) is 2.52. The van der Waals surface area contributed by atoms with Crippen LogP contribution in [0.1, 0.15) is 29.9 Å². The summed E-state index contributed by atoms with van der Waals surface area (Å²) in [4.78, 5) is 26.1. The van der Waals surface area contributed by atoms with Crippen LogP contribution in [0.4, 0.5) is 5.95 Å². The Labute approximate surface area is 96.6 Å². The number of hydrogen-bond donors (Lipinski definition) is 4. The van der Waals surface area contributed by atoms with E-state index in [9.17, 15) is 9.59 Å². The van der Waals surface area contributed by atoms with Crippen LogP contribution in [-0.2, 0) is 4.79 Å². The van der Waals surface area contributed by atoms with Crippen LogP contribution in [0.25, 0.3) is 0 Å². The molecule has 0 aromatic carbocycles. The summed E-state index contributed by atoms with van der Waals surface area (Å²) in [6.45, 7) is 0. The van der Waals surface area contributed by atoms with Gasteiger partial charge in [-0.2, -0.15) is 4.98 Å². The molecular formula is C9H13N5O3. The highest BCUT2D eigenvalue weighted by Gasteiger charge is 2.31. The van der Waals surface area contributed by atoms with E-state index in [-0.39, 0.29) is 23.7 Å². The van der Waals surface area contributed by atoms with Gasteiger partial charge in [0.2, 0.25) is 11.8 Å². The fourth-order valence-corrected chi connectivity index (χ4v) is 1.97. The van der Waals surface area contributed by atoms with E-state index in [1.165, 1.54) is 0 Å². The zero-order valence-corrected chi connectivity index (χ0v) is 9.01. The summed E-state index contributed by atoms with van der Waals surface area (Å²) in [5.41, 5.74) is 5.28. The van der Waals surface area contributed by atoms with Gasteiger partial charge in [-0.25, -0.2) is 0 Å². The molecule has 1 amide bonds. The highest BCUT2D eigenvalue weighted by molar-refractivity contribution is 5.90. The maximum absolute atomic E-state index is 11.6. The van der Waals surface area contributed by atoms with Gasteiger partial charge in [0.05, 0.1) is 5.92 Å². The van der Waals surface area contributed by atoms with E-state index in [0.717, 1.165) is 0 Å². The number of aromatic nitrogens is 3. The van der Waals surface area contributed by atoms with Crippen LogP contribution in [0.3, 0.4) is 0 Å². The van der Waals surface area contributed by atoms with E-state index < -0.39 is 11.9 Å². The number of anilines is 1. The van der Waals surface area contributed by atoms with E-state index in [0.29, 0.717) is 19.3 Å². The average molecular weight is 239 g/mol. The zero-order chi connectivity index (χ0) is 12.4. The average Bonchev–Trinajstić information content (AvgIpc) is 2.86. The van der Waals surface area contributed by atoms with E-state index >= 15 is 0 Å². The van der Waals surface area contributed by atoms with Crippen molar-refractivity contribution < 1.29 is 14.7 Å². The van der Waals surface area contributed by atoms with Gasteiger partial charge in [-0.1, -0.05) is 0 Å². The van der Waals surface area contributed by atoms with E-state index in [2.05, 4.69) is 20.5 Å². The Morgan fingerprint density at radius 2 is 2.24 bits per heavy atom. The molecule has 8 heteroatoms. The number of rotatable bonds is 3. The molecule has 0 saturated heterocycles. The third-order valence-corrected chi connectivity index (χ3v) is 2.83. The number of H-pyrrole nitrogens is 1. The molecule has 2 atom stereocenters. The van der Waals surface area contributed by atoms with Crippen LogP contribution in [0.2, 0.25) is 0 Å². The SMILES string of the molecule is Nc1n[nH]c(C(=O)NC2CCC(C(=O)O)C2)n1. The third-order valence-electron chi connectivity index (χ3n) is 2.83. The van der Waals surface area contributed by atoms with Crippen molar-refractivity contribution in [3.8, 4) is 0 Å². The normalized spacial score (nSPS) is 23.5. The smallest absolute Gasteiger partial charge is 0.306 e. The number of nitrogens with one attached hydrogen (secondary N) is 2. The summed E-state index contributed by atoms with van der Waals surface area (Å²) in [5, 5.41) is 17.5. The minimum absolute atomic E-state index is 0.00462. The van der Waals surface area contributed by atoms with Gasteiger partial charge in [-0.05, 0) is 19.3 Å². The molecule has 1 aliphatic carbocycles. The highest BCUT2D eigenvalue weighted by Crippen LogP contribution is 2.25. The fourth-order valence-electron chi connectivity index (χ4n) is 1.97. The molecule has 2 rings (SSSR count). The monoisotopic (exact) mass is 239 g/mol. The molecule has 0 bridgehead atoms. The molecule has 1 heterocycles. The van der Waals surface area contributed by atoms with Crippen molar-refractivity contribution >= 4 is 17.8 Å². The van der Waals surface area contributed by atoms with Crippen molar-refractivity contribution in [2.24, 2.45) is 5.92 Å². The van der Waals surface area contributed by atoms with Gasteiger partial charge in [0.25, 0.3) is 5.91 Å². The van der Waals surface area contributed by atoms with Crippen LogP contribution in [0, 0.1) is 5.92 Å². The first kappa shape index (κ1) is 11.4. The van der Waals surface area contributed by atoms with Crippen molar-refractivity contribution in [3.05, 3.63) is 5.82 Å². The quantitative estimate of drug-likeness (QED) is 0.554. The second-order valence-electron chi connectivity index (χ2n) is 4.06. The summed E-state index contributed by atoms with van der Waals surface area (Å²) in [6, 6.07) is -0.130. The number of aliphatic carboxylic acids is 1. The molecule has 2 unspecified atom stereocenters. The van der Waals surface area contributed by atoms with Crippen molar-refractivity contribution in [3.63, 3.8) is 0 Å². The minimum atomic E-state index is -0.814. The van der Waals surface area contributed by atoms with Gasteiger partial charge in [-0.3, -0.25) is 14.7 Å². The van der Waals surface area contributed by atoms with Gasteiger partial charge in [0.15, 0.2) is 0 Å². The van der Waals surface area contributed by atoms with Gasteiger partial charge in [-0.15, -0.1) is 5.10 Å². The molecule has 1 fully saturated rings. The molecule has 1 saturated carbocycles. The Morgan fingerprint density at radius 3 is 2.76 bits per heavy atom. The number of amides is 1. The Hall–Kier alpha value is -2.12. The van der Waals surface area contributed by atoms with Crippen LogP contribution in [0.5, 0.6) is 0 Å². The molecule has 92 valence electrons. The number of carboxylic acids is 1. The number of nitrogens with zero attached hydrogens (tertiary/aromatic N) is 2. The molecule has 17 heavy (non-hydrogen) atoms. The lowest BCUT2D eigenvalue weighted by molar-refractivity contribution is -0.141. The molecule has 1 aromatic rings. The predicted molar refractivity (Wildman–Crippen MR) is 57.0 cm³/mol. The zero-order valence-electron chi connectivity index (χ0n) is 9.01. The Morgan fingerprint density at radius 1 is 1.47 bits per heavy atom. The van der Waals surface area contributed by atoms with E-state index in [4.69, 9.17) is 10.8 Å². The lowest BCUT2D eigenvalue weighted by atomic mass is 10.1. The molecule has 5 N–H and O–H groups in total. The number of carbonyl (C=O) groups excluding carboxylic acids is 1. The number of nitrogens with two attached hydrogens (primary N) is 1. The van der Waals surface area contributed by atoms with Crippen LogP contribution in [0.15, 0.2) is 0 Å². The molecule has 1 aromatic heterocycles. The van der Waals surface area contributed by atoms with Crippen molar-refractivity contribution in [2.45, 2.75) is 25.3 Å². The van der Waals surface area contributed by atoms with Gasteiger partial charge in [0.1, 0.15) is 0 Å². The summed E-state index contributed by atoms with van der Waals surface area (Å²) in [6.07, 6.45) is 1.69. The second kappa shape index (κ2) is 4.40. The standard InChI is InChI=1S/C9H13N5O3/c10-9-12-6(13-14-9)7(15)11-5-2-1-4(3-5)8(16)17/h4-5H,1-3H2,(H,11,15)(H,16,17)(H3,10,12,13,14).